The fraction of sp³-hybridized carbons (Fsp3) is 0.850. The molecule has 0 unspecified atom stereocenters. The molecule has 9 nitrogen and oxygen atoms in total. The highest BCUT2D eigenvalue weighted by molar-refractivity contribution is 7.55. The van der Waals surface area contributed by atoms with E-state index in [0.717, 1.165) is 12.8 Å². The summed E-state index contributed by atoms with van der Waals surface area (Å²) in [5.74, 6) is -3.94. The van der Waals surface area contributed by atoms with Gasteiger partial charge in [0.25, 0.3) is 0 Å². The van der Waals surface area contributed by atoms with Gasteiger partial charge >= 0.3 is 25.5 Å². The van der Waals surface area contributed by atoms with Crippen molar-refractivity contribution >= 4 is 25.5 Å². The van der Waals surface area contributed by atoms with Crippen LogP contribution in [0.25, 0.3) is 0 Å². The zero-order valence-corrected chi connectivity index (χ0v) is 19.7. The standard InChI is InChI=1S/C20H37O9P/c1-6-11-13-28-30(24,29-14-12-7-2)18(20(23)27-10-5)16(19(22)26-9-4)15-17(21)25-8-3/h16,18H,6-15H2,1-5H3/t16-,18-/m0/s1. The minimum absolute atomic E-state index is 0.00575. The van der Waals surface area contributed by atoms with Gasteiger partial charge in [-0.2, -0.15) is 0 Å². The summed E-state index contributed by atoms with van der Waals surface area (Å²) in [6, 6.07) is 0. The highest BCUT2D eigenvalue weighted by Gasteiger charge is 2.52. The lowest BCUT2D eigenvalue weighted by Gasteiger charge is -2.30. The van der Waals surface area contributed by atoms with E-state index in [1.165, 1.54) is 0 Å². The average molecular weight is 452 g/mol. The molecule has 0 heterocycles. The van der Waals surface area contributed by atoms with Crippen LogP contribution in [0.1, 0.15) is 66.7 Å². The topological polar surface area (TPSA) is 114 Å². The van der Waals surface area contributed by atoms with Crippen molar-refractivity contribution in [3.8, 4) is 0 Å². The van der Waals surface area contributed by atoms with Gasteiger partial charge in [-0.25, -0.2) is 0 Å². The molecule has 0 aliphatic heterocycles. The minimum Gasteiger partial charge on any atom is -0.466 e. The van der Waals surface area contributed by atoms with E-state index in [0.29, 0.717) is 12.8 Å². The molecular formula is C20H37O9P. The number of esters is 3. The van der Waals surface area contributed by atoms with Gasteiger partial charge in [0, 0.05) is 0 Å². The normalized spacial score (nSPS) is 13.4. The predicted molar refractivity (Wildman–Crippen MR) is 111 cm³/mol. The van der Waals surface area contributed by atoms with Crippen molar-refractivity contribution in [1.29, 1.82) is 0 Å². The maximum atomic E-state index is 13.8. The van der Waals surface area contributed by atoms with Gasteiger partial charge in [0.2, 0.25) is 0 Å². The third-order valence-electron chi connectivity index (χ3n) is 4.07. The van der Waals surface area contributed by atoms with Crippen LogP contribution >= 0.6 is 7.60 Å². The van der Waals surface area contributed by atoms with E-state index >= 15 is 0 Å². The van der Waals surface area contributed by atoms with Crippen molar-refractivity contribution < 1.29 is 42.2 Å². The van der Waals surface area contributed by atoms with Crippen molar-refractivity contribution in [1.82, 2.24) is 0 Å². The SMILES string of the molecule is CCCCOP(=O)(OCCCC)[C@H](C(=O)OCC)[C@H](CC(=O)OCC)C(=O)OCC. The second kappa shape index (κ2) is 16.3. The molecule has 10 heteroatoms. The number of carbonyl (C=O) groups excluding carboxylic acids is 3. The van der Waals surface area contributed by atoms with Crippen LogP contribution < -0.4 is 0 Å². The van der Waals surface area contributed by atoms with E-state index in [1.807, 2.05) is 13.8 Å². The summed E-state index contributed by atoms with van der Waals surface area (Å²) < 4.78 is 40.0. The number of hydrogen-bond acceptors (Lipinski definition) is 9. The molecule has 0 saturated carbocycles. The molecule has 2 atom stereocenters. The van der Waals surface area contributed by atoms with Crippen LogP contribution in [0.3, 0.4) is 0 Å². The molecule has 0 spiro atoms. The average Bonchev–Trinajstić information content (AvgIpc) is 2.68. The molecule has 0 saturated heterocycles. The first kappa shape index (κ1) is 28.6. The largest absolute Gasteiger partial charge is 0.466 e. The van der Waals surface area contributed by atoms with Crippen molar-refractivity contribution in [3.63, 3.8) is 0 Å². The molecule has 176 valence electrons. The van der Waals surface area contributed by atoms with Gasteiger partial charge in [-0.1, -0.05) is 26.7 Å². The predicted octanol–water partition coefficient (Wildman–Crippen LogP) is 3.88. The second-order valence-electron chi connectivity index (χ2n) is 6.48. The Labute approximate surface area is 179 Å². The van der Waals surface area contributed by atoms with E-state index in [9.17, 15) is 18.9 Å². The molecule has 0 aromatic rings. The molecule has 0 aliphatic rings. The van der Waals surface area contributed by atoms with Gasteiger partial charge < -0.3 is 23.3 Å². The number of carbonyl (C=O) groups is 3. The van der Waals surface area contributed by atoms with Gasteiger partial charge in [0.15, 0.2) is 5.66 Å². The lowest BCUT2D eigenvalue weighted by Crippen LogP contribution is -2.40. The van der Waals surface area contributed by atoms with E-state index in [-0.39, 0.29) is 33.0 Å². The smallest absolute Gasteiger partial charge is 0.345 e. The molecule has 0 aromatic heterocycles. The second-order valence-corrected chi connectivity index (χ2v) is 8.63. The third kappa shape index (κ3) is 10.0. The highest BCUT2D eigenvalue weighted by Crippen LogP contribution is 2.57. The van der Waals surface area contributed by atoms with Crippen molar-refractivity contribution in [3.05, 3.63) is 0 Å². The molecule has 0 aliphatic carbocycles. The highest BCUT2D eigenvalue weighted by atomic mass is 31.2. The quantitative estimate of drug-likeness (QED) is 0.140. The van der Waals surface area contributed by atoms with Crippen molar-refractivity contribution in [2.45, 2.75) is 72.4 Å². The van der Waals surface area contributed by atoms with E-state index < -0.39 is 43.5 Å². The van der Waals surface area contributed by atoms with E-state index in [1.54, 1.807) is 20.8 Å². The van der Waals surface area contributed by atoms with Crippen LogP contribution in [0.2, 0.25) is 0 Å². The van der Waals surface area contributed by atoms with Gasteiger partial charge in [-0.15, -0.1) is 0 Å². The maximum Gasteiger partial charge on any atom is 0.345 e. The number of rotatable bonds is 17. The lowest BCUT2D eigenvalue weighted by atomic mass is 10.0. The Balaban J connectivity index is 6.14. The van der Waals surface area contributed by atoms with Gasteiger partial charge in [-0.05, 0) is 33.6 Å². The summed E-state index contributed by atoms with van der Waals surface area (Å²) in [4.78, 5) is 37.6. The van der Waals surface area contributed by atoms with Crippen LogP contribution in [-0.2, 0) is 42.2 Å². The van der Waals surface area contributed by atoms with E-state index in [4.69, 9.17) is 23.3 Å². The molecule has 0 N–H and O–H groups in total. The molecule has 0 rings (SSSR count). The third-order valence-corrected chi connectivity index (χ3v) is 6.41. The Morgan fingerprint density at radius 1 is 0.733 bits per heavy atom. The lowest BCUT2D eigenvalue weighted by molar-refractivity contribution is -0.159. The summed E-state index contributed by atoms with van der Waals surface area (Å²) in [6.07, 6.45) is 2.19. The van der Waals surface area contributed by atoms with Gasteiger partial charge in [-0.3, -0.25) is 18.9 Å². The molecule has 0 bridgehead atoms. The van der Waals surface area contributed by atoms with Crippen LogP contribution in [0, 0.1) is 5.92 Å². The molecular weight excluding hydrogens is 415 g/mol. The van der Waals surface area contributed by atoms with Crippen molar-refractivity contribution in [2.24, 2.45) is 5.92 Å². The first-order chi connectivity index (χ1) is 14.3. The molecule has 0 amide bonds. The molecule has 0 aromatic carbocycles. The Morgan fingerprint density at radius 3 is 1.63 bits per heavy atom. The minimum atomic E-state index is -4.17. The van der Waals surface area contributed by atoms with Crippen LogP contribution in [0.15, 0.2) is 0 Å². The van der Waals surface area contributed by atoms with Gasteiger partial charge in [0.05, 0.1) is 45.4 Å². The monoisotopic (exact) mass is 452 g/mol. The van der Waals surface area contributed by atoms with Crippen LogP contribution in [0.5, 0.6) is 0 Å². The van der Waals surface area contributed by atoms with E-state index in [2.05, 4.69) is 0 Å². The molecule has 0 fully saturated rings. The Morgan fingerprint density at radius 2 is 1.20 bits per heavy atom. The Kier molecular flexibility index (Phi) is 15.5. The van der Waals surface area contributed by atoms with Crippen LogP contribution in [0.4, 0.5) is 0 Å². The fourth-order valence-electron chi connectivity index (χ4n) is 2.58. The first-order valence-corrected chi connectivity index (χ1v) is 12.3. The molecule has 0 radical (unpaired) electrons. The Hall–Kier alpha value is -1.44. The summed E-state index contributed by atoms with van der Waals surface area (Å²) in [5, 5.41) is 0. The zero-order chi connectivity index (χ0) is 23.0. The number of unbranched alkanes of at least 4 members (excludes halogenated alkanes) is 2. The summed E-state index contributed by atoms with van der Waals surface area (Å²) >= 11 is 0. The maximum absolute atomic E-state index is 13.8. The number of ether oxygens (including phenoxy) is 3. The first-order valence-electron chi connectivity index (χ1n) is 10.7. The Bertz CT molecular complexity index is 550. The molecule has 30 heavy (non-hydrogen) atoms. The van der Waals surface area contributed by atoms with Crippen LogP contribution in [-0.4, -0.2) is 56.6 Å². The summed E-state index contributed by atoms with van der Waals surface area (Å²) in [6.45, 7) is 8.90. The zero-order valence-electron chi connectivity index (χ0n) is 18.8. The van der Waals surface area contributed by atoms with Crippen molar-refractivity contribution in [2.75, 3.05) is 33.0 Å². The van der Waals surface area contributed by atoms with Gasteiger partial charge in [0.1, 0.15) is 0 Å². The number of hydrogen-bond donors (Lipinski definition) is 0. The fourth-order valence-corrected chi connectivity index (χ4v) is 4.75. The summed E-state index contributed by atoms with van der Waals surface area (Å²) in [7, 11) is -4.17. The summed E-state index contributed by atoms with van der Waals surface area (Å²) in [5.41, 5.74) is -1.63.